The van der Waals surface area contributed by atoms with E-state index < -0.39 is 0 Å². The number of esters is 1. The van der Waals surface area contributed by atoms with Crippen LogP contribution in [0.15, 0.2) is 24.4 Å². The summed E-state index contributed by atoms with van der Waals surface area (Å²) in [7, 11) is 1.36. The molecule has 0 spiro atoms. The number of carbonyl (C=O) groups is 1. The molecule has 0 aliphatic rings. The van der Waals surface area contributed by atoms with E-state index in [1.807, 2.05) is 0 Å². The van der Waals surface area contributed by atoms with Crippen molar-refractivity contribution in [1.29, 1.82) is 0 Å². The van der Waals surface area contributed by atoms with Crippen molar-refractivity contribution in [1.82, 2.24) is 14.8 Å². The van der Waals surface area contributed by atoms with Gasteiger partial charge in [-0.1, -0.05) is 13.8 Å². The Morgan fingerprint density at radius 2 is 2.11 bits per heavy atom. The highest BCUT2D eigenvalue weighted by Crippen LogP contribution is 2.13. The first-order valence-corrected chi connectivity index (χ1v) is 6.32. The molecule has 5 nitrogen and oxygen atoms in total. The molecule has 0 amide bonds. The Bertz CT molecular complexity index is 590. The van der Waals surface area contributed by atoms with Crippen LogP contribution in [0.25, 0.3) is 5.82 Å². The predicted molar refractivity (Wildman–Crippen MR) is 71.5 cm³/mol. The van der Waals surface area contributed by atoms with E-state index in [4.69, 9.17) is 4.74 Å². The smallest absolute Gasteiger partial charge is 0.338 e. The second-order valence-corrected chi connectivity index (χ2v) is 4.14. The minimum atomic E-state index is -0.371. The molecular weight excluding hydrogens is 242 g/mol. The maximum Gasteiger partial charge on any atom is 0.338 e. The lowest BCUT2D eigenvalue weighted by molar-refractivity contribution is 0.0600. The Balaban J connectivity index is 2.46. The minimum absolute atomic E-state index is 0.371. The summed E-state index contributed by atoms with van der Waals surface area (Å²) in [6.07, 6.45) is 3.32. The lowest BCUT2D eigenvalue weighted by Gasteiger charge is -2.06. The van der Waals surface area contributed by atoms with E-state index in [-0.39, 0.29) is 5.97 Å². The maximum absolute atomic E-state index is 11.5. The number of hydrogen-bond acceptors (Lipinski definition) is 4. The maximum atomic E-state index is 11.5. The van der Waals surface area contributed by atoms with Crippen molar-refractivity contribution in [3.05, 3.63) is 41.3 Å². The Hall–Kier alpha value is -2.17. The van der Waals surface area contributed by atoms with Gasteiger partial charge in [-0.3, -0.25) is 0 Å². The fourth-order valence-electron chi connectivity index (χ4n) is 1.88. The average Bonchev–Trinajstić information content (AvgIpc) is 2.90. The largest absolute Gasteiger partial charge is 0.465 e. The monoisotopic (exact) mass is 259 g/mol. The number of ether oxygens (including phenoxy) is 1. The fourth-order valence-corrected chi connectivity index (χ4v) is 1.88. The molecule has 19 heavy (non-hydrogen) atoms. The predicted octanol–water partition coefficient (Wildman–Crippen LogP) is 2.18. The van der Waals surface area contributed by atoms with Crippen LogP contribution in [0, 0.1) is 0 Å². The van der Waals surface area contributed by atoms with Crippen LogP contribution in [0.3, 0.4) is 0 Å². The number of aryl methyl sites for hydroxylation is 2. The summed E-state index contributed by atoms with van der Waals surface area (Å²) in [5, 5.41) is 4.50. The SMILES string of the molecule is CCc1cc(CC)n(-c2cc(C(=O)OC)ccn2)n1. The zero-order chi connectivity index (χ0) is 13.8. The topological polar surface area (TPSA) is 57.0 Å². The normalized spacial score (nSPS) is 10.5. The average molecular weight is 259 g/mol. The molecule has 2 heterocycles. The molecule has 2 aromatic rings. The van der Waals surface area contributed by atoms with Gasteiger partial charge in [0.25, 0.3) is 0 Å². The van der Waals surface area contributed by atoms with E-state index in [9.17, 15) is 4.79 Å². The molecule has 0 saturated carbocycles. The van der Waals surface area contributed by atoms with E-state index >= 15 is 0 Å². The number of aromatic nitrogens is 3. The summed E-state index contributed by atoms with van der Waals surface area (Å²) in [6, 6.07) is 5.38. The van der Waals surface area contributed by atoms with Crippen LogP contribution in [-0.2, 0) is 17.6 Å². The van der Waals surface area contributed by atoms with Crippen molar-refractivity contribution in [3.8, 4) is 5.82 Å². The van der Waals surface area contributed by atoms with Gasteiger partial charge in [0.2, 0.25) is 0 Å². The summed E-state index contributed by atoms with van der Waals surface area (Å²) >= 11 is 0. The van der Waals surface area contributed by atoms with Crippen molar-refractivity contribution in [2.75, 3.05) is 7.11 Å². The van der Waals surface area contributed by atoms with Crippen molar-refractivity contribution < 1.29 is 9.53 Å². The highest BCUT2D eigenvalue weighted by molar-refractivity contribution is 5.89. The van der Waals surface area contributed by atoms with Gasteiger partial charge in [0.05, 0.1) is 18.4 Å². The number of nitrogens with zero attached hydrogens (tertiary/aromatic N) is 3. The van der Waals surface area contributed by atoms with E-state index in [2.05, 4.69) is 30.0 Å². The summed E-state index contributed by atoms with van der Waals surface area (Å²) in [4.78, 5) is 15.8. The Morgan fingerprint density at radius 1 is 1.32 bits per heavy atom. The van der Waals surface area contributed by atoms with E-state index in [0.717, 1.165) is 24.2 Å². The van der Waals surface area contributed by atoms with Gasteiger partial charge in [0.15, 0.2) is 5.82 Å². The first kappa shape index (κ1) is 13.3. The van der Waals surface area contributed by atoms with Gasteiger partial charge in [-0.2, -0.15) is 5.10 Å². The van der Waals surface area contributed by atoms with Gasteiger partial charge in [-0.25, -0.2) is 14.5 Å². The number of methoxy groups -OCH3 is 1. The third-order valence-corrected chi connectivity index (χ3v) is 2.94. The van der Waals surface area contributed by atoms with Crippen LogP contribution >= 0.6 is 0 Å². The van der Waals surface area contributed by atoms with Crippen LogP contribution in [0.5, 0.6) is 0 Å². The molecule has 0 unspecified atom stereocenters. The standard InChI is InChI=1S/C14H17N3O2/c1-4-11-9-12(5-2)17(16-11)13-8-10(6-7-15-13)14(18)19-3/h6-9H,4-5H2,1-3H3. The Morgan fingerprint density at radius 3 is 2.74 bits per heavy atom. The number of hydrogen-bond donors (Lipinski definition) is 0. The zero-order valence-electron chi connectivity index (χ0n) is 11.4. The summed E-state index contributed by atoms with van der Waals surface area (Å²) in [5.41, 5.74) is 2.57. The fraction of sp³-hybridized carbons (Fsp3) is 0.357. The van der Waals surface area contributed by atoms with Crippen molar-refractivity contribution in [2.45, 2.75) is 26.7 Å². The summed E-state index contributed by atoms with van der Waals surface area (Å²) in [5.74, 6) is 0.268. The molecule has 0 N–H and O–H groups in total. The third kappa shape index (κ3) is 2.65. The van der Waals surface area contributed by atoms with E-state index in [1.165, 1.54) is 7.11 Å². The van der Waals surface area contributed by atoms with Crippen molar-refractivity contribution in [3.63, 3.8) is 0 Å². The van der Waals surface area contributed by atoms with Crippen LogP contribution in [0.1, 0.15) is 35.6 Å². The lowest BCUT2D eigenvalue weighted by Crippen LogP contribution is -2.07. The molecule has 0 bridgehead atoms. The van der Waals surface area contributed by atoms with E-state index in [1.54, 1.807) is 23.0 Å². The molecular formula is C14H17N3O2. The first-order valence-electron chi connectivity index (χ1n) is 6.32. The summed E-state index contributed by atoms with van der Waals surface area (Å²) in [6.45, 7) is 4.13. The highest BCUT2D eigenvalue weighted by atomic mass is 16.5. The van der Waals surface area contributed by atoms with Crippen molar-refractivity contribution in [2.24, 2.45) is 0 Å². The molecule has 0 aliphatic heterocycles. The van der Waals surface area contributed by atoms with Gasteiger partial charge in [0.1, 0.15) is 0 Å². The van der Waals surface area contributed by atoms with Crippen LogP contribution in [-0.4, -0.2) is 27.8 Å². The highest BCUT2D eigenvalue weighted by Gasteiger charge is 2.11. The number of rotatable bonds is 4. The number of pyridine rings is 1. The molecule has 0 atom stereocenters. The first-order chi connectivity index (χ1) is 9.19. The van der Waals surface area contributed by atoms with Gasteiger partial charge in [0, 0.05) is 11.9 Å². The van der Waals surface area contributed by atoms with Crippen LogP contribution in [0.4, 0.5) is 0 Å². The van der Waals surface area contributed by atoms with Gasteiger partial charge < -0.3 is 4.74 Å². The molecule has 5 heteroatoms. The second-order valence-electron chi connectivity index (χ2n) is 4.14. The number of carbonyl (C=O) groups excluding carboxylic acids is 1. The van der Waals surface area contributed by atoms with Gasteiger partial charge >= 0.3 is 5.97 Å². The molecule has 0 aromatic carbocycles. The van der Waals surface area contributed by atoms with E-state index in [0.29, 0.717) is 11.4 Å². The second kappa shape index (κ2) is 5.65. The zero-order valence-corrected chi connectivity index (χ0v) is 11.4. The Labute approximate surface area is 112 Å². The van der Waals surface area contributed by atoms with Gasteiger partial charge in [-0.05, 0) is 31.0 Å². The third-order valence-electron chi connectivity index (χ3n) is 2.94. The molecule has 0 aliphatic carbocycles. The molecule has 0 saturated heterocycles. The van der Waals surface area contributed by atoms with Crippen LogP contribution in [0.2, 0.25) is 0 Å². The molecule has 0 fully saturated rings. The van der Waals surface area contributed by atoms with Gasteiger partial charge in [-0.15, -0.1) is 0 Å². The van der Waals surface area contributed by atoms with Crippen LogP contribution < -0.4 is 0 Å². The lowest BCUT2D eigenvalue weighted by atomic mass is 10.2. The molecule has 2 rings (SSSR count). The molecule has 0 radical (unpaired) electrons. The quantitative estimate of drug-likeness (QED) is 0.790. The molecule has 2 aromatic heterocycles. The molecule has 100 valence electrons. The summed E-state index contributed by atoms with van der Waals surface area (Å²) < 4.78 is 6.50. The Kier molecular flexibility index (Phi) is 3.94. The van der Waals surface area contributed by atoms with Crippen molar-refractivity contribution >= 4 is 5.97 Å². The minimum Gasteiger partial charge on any atom is -0.465 e.